The van der Waals surface area contributed by atoms with Gasteiger partial charge in [-0.3, -0.25) is 43.2 Å². The Kier molecular flexibility index (Phi) is 22.9. The highest BCUT2D eigenvalue weighted by Crippen LogP contribution is 2.22. The lowest BCUT2D eigenvalue weighted by Gasteiger charge is -2.31. The molecule has 9 amide bonds. The minimum Gasteiger partial charge on any atom is -0.368 e. The van der Waals surface area contributed by atoms with Crippen LogP contribution in [0.15, 0.2) is 121 Å². The molecule has 0 aliphatic carbocycles. The number of hydrogen-bond acceptors (Lipinski definition) is 12. The predicted octanol–water partition coefficient (Wildman–Crippen LogP) is 2.40. The maximum absolute atomic E-state index is 14.4. The molecule has 84 heavy (non-hydrogen) atoms. The Hall–Kier alpha value is -8.70. The molecule has 4 heterocycles. The highest BCUT2D eigenvalue weighted by molar-refractivity contribution is 7.09. The summed E-state index contributed by atoms with van der Waals surface area (Å²) in [5, 5.41) is 25.1. The van der Waals surface area contributed by atoms with E-state index in [4.69, 9.17) is 5.73 Å². The summed E-state index contributed by atoms with van der Waals surface area (Å²) < 4.78 is 0. The molecule has 0 bridgehead atoms. The van der Waals surface area contributed by atoms with Crippen molar-refractivity contribution >= 4 is 75.4 Å². The zero-order valence-corrected chi connectivity index (χ0v) is 48.8. The Morgan fingerprint density at radius 2 is 1.23 bits per heavy atom. The van der Waals surface area contributed by atoms with E-state index in [0.29, 0.717) is 43.5 Å². The molecule has 446 valence electrons. The number of fused-ring (bicyclic) bond motifs is 1. The average molecular weight is 1170 g/mol. The van der Waals surface area contributed by atoms with E-state index in [0.717, 1.165) is 26.9 Å². The van der Waals surface area contributed by atoms with Gasteiger partial charge in [-0.25, -0.2) is 4.98 Å². The molecule has 3 aromatic carbocycles. The van der Waals surface area contributed by atoms with Crippen molar-refractivity contribution in [2.24, 2.45) is 11.7 Å². The summed E-state index contributed by atoms with van der Waals surface area (Å²) in [5.41, 5.74) is 9.72. The molecule has 0 radical (unpaired) electrons. The maximum atomic E-state index is 14.4. The van der Waals surface area contributed by atoms with E-state index in [2.05, 4.69) is 57.5 Å². The number of carbonyl (C=O) groups excluding carboxylic acids is 9. The molecule has 1 saturated heterocycles. The highest BCUT2D eigenvalue weighted by atomic mass is 32.1. The van der Waals surface area contributed by atoms with Gasteiger partial charge in [-0.1, -0.05) is 98.8 Å². The second-order valence-corrected chi connectivity index (χ2v) is 22.7. The van der Waals surface area contributed by atoms with E-state index in [1.54, 1.807) is 31.1 Å². The number of hydrogen-bond donors (Lipinski definition) is 11. The van der Waals surface area contributed by atoms with E-state index >= 15 is 0 Å². The van der Waals surface area contributed by atoms with Gasteiger partial charge in [0, 0.05) is 78.7 Å². The van der Waals surface area contributed by atoms with E-state index in [1.165, 1.54) is 38.4 Å². The molecule has 9 atom stereocenters. The summed E-state index contributed by atoms with van der Waals surface area (Å²) in [6.45, 7) is 8.44. The zero-order valence-electron chi connectivity index (χ0n) is 47.9. The van der Waals surface area contributed by atoms with E-state index in [1.807, 2.05) is 102 Å². The standard InChI is InChI=1S/C61H77N13O9S/c1-36(2)53(60(82)69-38(4)56(78)72-51(30-43-33-63-35-66-43)61(83)74-26-14-20-44(74)34-65-48(54(62)76)28-41-18-10-7-11-19-41)73-57(79)39(5)68-58(80)49(29-42-32-64-47-23-13-12-22-46(42)47)71-55(77)37(3)67-59(81)50(31-45-21-15-27-84-45)70-52(75)25-24-40-16-8-6-9-17-40/h6-13,15-19,21-23,27,32-33,35-39,44,48-51,53,64-65H,14,20,24-26,28-31,34H2,1-5H3,(H2,62,76)(H,63,66)(H,67,81)(H,68,80)(H,69,82)(H,70,75)(H,71,77)(H,72,78)(H,73,79)/t37-,38+,39-,44+,48-,49-,50-,51-,53-/m0/s1. The average Bonchev–Trinajstić information content (AvgIpc) is 4.51. The summed E-state index contributed by atoms with van der Waals surface area (Å²) in [6.07, 6.45) is 7.26. The van der Waals surface area contributed by atoms with Crippen LogP contribution in [0, 0.1) is 5.92 Å². The zero-order chi connectivity index (χ0) is 60.3. The number of benzene rings is 3. The number of para-hydroxylation sites is 1. The van der Waals surface area contributed by atoms with Crippen molar-refractivity contribution in [3.8, 4) is 0 Å². The summed E-state index contributed by atoms with van der Waals surface area (Å²) in [4.78, 5) is 137. The van der Waals surface area contributed by atoms with Gasteiger partial charge in [0.05, 0.1) is 12.4 Å². The molecule has 1 aliphatic heterocycles. The summed E-state index contributed by atoms with van der Waals surface area (Å²) in [6, 6.07) is 20.9. The Labute approximate surface area is 492 Å². The van der Waals surface area contributed by atoms with Crippen LogP contribution in [0.5, 0.6) is 0 Å². The van der Waals surface area contributed by atoms with Gasteiger partial charge in [-0.15, -0.1) is 11.3 Å². The normalized spacial score (nSPS) is 16.0. The van der Waals surface area contributed by atoms with Crippen LogP contribution < -0.4 is 48.3 Å². The molecule has 3 aromatic heterocycles. The lowest BCUT2D eigenvalue weighted by Crippen LogP contribution is -2.60. The predicted molar refractivity (Wildman–Crippen MR) is 318 cm³/mol. The number of carbonyl (C=O) groups is 9. The van der Waals surface area contributed by atoms with Crippen molar-refractivity contribution in [2.45, 2.75) is 140 Å². The van der Waals surface area contributed by atoms with Crippen LogP contribution in [-0.2, 0) is 75.3 Å². The van der Waals surface area contributed by atoms with E-state index in [9.17, 15) is 43.2 Å². The first kappa shape index (κ1) is 62.9. The van der Waals surface area contributed by atoms with Crippen LogP contribution in [0.3, 0.4) is 0 Å². The third kappa shape index (κ3) is 18.1. The summed E-state index contributed by atoms with van der Waals surface area (Å²) in [5.74, 6) is -5.89. The summed E-state index contributed by atoms with van der Waals surface area (Å²) >= 11 is 1.43. The minimum atomic E-state index is -1.27. The number of amides is 9. The molecule has 0 unspecified atom stereocenters. The second-order valence-electron chi connectivity index (χ2n) is 21.7. The molecule has 12 N–H and O–H groups in total. The summed E-state index contributed by atoms with van der Waals surface area (Å²) in [7, 11) is 0. The van der Waals surface area contributed by atoms with Crippen LogP contribution in [-0.4, -0.2) is 140 Å². The molecular weight excluding hydrogens is 1090 g/mol. The third-order valence-corrected chi connectivity index (χ3v) is 15.7. The van der Waals surface area contributed by atoms with Crippen molar-refractivity contribution in [3.63, 3.8) is 0 Å². The van der Waals surface area contributed by atoms with Gasteiger partial charge in [-0.05, 0) is 86.6 Å². The number of nitrogens with one attached hydrogen (secondary N) is 10. The number of primary amides is 1. The first-order valence-corrected chi connectivity index (χ1v) is 29.3. The molecule has 7 rings (SSSR count). The van der Waals surface area contributed by atoms with Crippen LogP contribution >= 0.6 is 11.3 Å². The van der Waals surface area contributed by atoms with Crippen molar-refractivity contribution in [1.29, 1.82) is 0 Å². The molecule has 1 aliphatic rings. The van der Waals surface area contributed by atoms with Gasteiger partial charge in [0.25, 0.3) is 0 Å². The van der Waals surface area contributed by atoms with Crippen LogP contribution in [0.1, 0.15) is 81.1 Å². The Bertz CT molecular complexity index is 3170. The lowest BCUT2D eigenvalue weighted by molar-refractivity contribution is -0.138. The molecule has 0 saturated carbocycles. The Morgan fingerprint density at radius 1 is 0.619 bits per heavy atom. The fourth-order valence-corrected chi connectivity index (χ4v) is 10.8. The molecule has 6 aromatic rings. The van der Waals surface area contributed by atoms with Crippen LogP contribution in [0.2, 0.25) is 0 Å². The number of imidazole rings is 1. The number of nitrogens with zero attached hydrogens (tertiary/aromatic N) is 2. The number of likely N-dealkylation sites (tertiary alicyclic amines) is 1. The van der Waals surface area contributed by atoms with Gasteiger partial charge in [0.2, 0.25) is 53.2 Å². The Balaban J connectivity index is 0.964. The van der Waals surface area contributed by atoms with Crippen LogP contribution in [0.4, 0.5) is 0 Å². The number of H-pyrrole nitrogens is 2. The molecular formula is C61H77N13O9S. The third-order valence-electron chi connectivity index (χ3n) is 14.8. The number of thiophene rings is 1. The van der Waals surface area contributed by atoms with Crippen molar-refractivity contribution in [2.75, 3.05) is 13.1 Å². The largest absolute Gasteiger partial charge is 0.368 e. The van der Waals surface area contributed by atoms with Gasteiger partial charge in [0.15, 0.2) is 0 Å². The first-order valence-electron chi connectivity index (χ1n) is 28.4. The number of aryl methyl sites for hydroxylation is 1. The fourth-order valence-electron chi connectivity index (χ4n) is 10.0. The second kappa shape index (κ2) is 30.6. The van der Waals surface area contributed by atoms with Gasteiger partial charge in [0.1, 0.15) is 42.3 Å². The molecule has 23 heteroatoms. The van der Waals surface area contributed by atoms with Crippen molar-refractivity contribution in [1.82, 2.24) is 62.4 Å². The van der Waals surface area contributed by atoms with Crippen LogP contribution in [0.25, 0.3) is 10.9 Å². The number of aromatic nitrogens is 3. The fraction of sp³-hybridized carbons (Fsp3) is 0.410. The van der Waals surface area contributed by atoms with Crippen molar-refractivity contribution in [3.05, 3.63) is 148 Å². The molecule has 22 nitrogen and oxygen atoms in total. The number of aromatic amines is 2. The topological polar surface area (TPSA) is 324 Å². The van der Waals surface area contributed by atoms with Gasteiger partial charge in [-0.2, -0.15) is 0 Å². The van der Waals surface area contributed by atoms with Gasteiger partial charge < -0.3 is 63.1 Å². The van der Waals surface area contributed by atoms with Crippen molar-refractivity contribution < 1.29 is 43.2 Å². The monoisotopic (exact) mass is 1170 g/mol. The smallest absolute Gasteiger partial charge is 0.245 e. The minimum absolute atomic E-state index is 0.0250. The number of rotatable bonds is 30. The number of nitrogens with two attached hydrogens (primary N) is 1. The van der Waals surface area contributed by atoms with E-state index < -0.39 is 95.6 Å². The SMILES string of the molecule is CC(C)[C@H](NC(=O)[C@H](C)NC(=O)[C@H](Cc1c[nH]c2ccccc12)NC(=O)[C@H](C)NC(=O)[C@H](Cc1cccs1)NC(=O)CCc1ccccc1)C(=O)N[C@H](C)C(=O)N[C@@H](Cc1cnc[nH]1)C(=O)N1CCC[C@@H]1CN[C@@H](Cc1ccccc1)C(N)=O. The molecule has 1 fully saturated rings. The van der Waals surface area contributed by atoms with E-state index in [-0.39, 0.29) is 50.1 Å². The first-order chi connectivity index (χ1) is 40.3. The highest BCUT2D eigenvalue weighted by Gasteiger charge is 2.37. The van der Waals surface area contributed by atoms with Gasteiger partial charge >= 0.3 is 0 Å². The molecule has 0 spiro atoms. The maximum Gasteiger partial charge on any atom is 0.245 e. The Morgan fingerprint density at radius 3 is 1.85 bits per heavy atom. The quantitative estimate of drug-likeness (QED) is 0.0311. The lowest BCUT2D eigenvalue weighted by atomic mass is 10.0.